The van der Waals surface area contributed by atoms with Gasteiger partial charge in [-0.15, -0.1) is 0 Å². The number of aromatic nitrogens is 3. The highest BCUT2D eigenvalue weighted by Crippen LogP contribution is 2.26. The average Bonchev–Trinajstić information content (AvgIpc) is 2.92. The van der Waals surface area contributed by atoms with Crippen LogP contribution in [0.4, 0.5) is 5.69 Å². The number of nitrogens with one attached hydrogen (secondary N) is 1. The van der Waals surface area contributed by atoms with E-state index in [0.717, 1.165) is 28.8 Å². The Hall–Kier alpha value is -2.07. The molecule has 3 aromatic rings. The van der Waals surface area contributed by atoms with Crippen LogP contribution in [0.2, 0.25) is 5.02 Å². The summed E-state index contributed by atoms with van der Waals surface area (Å²) in [6, 6.07) is 7.75. The maximum atomic E-state index is 6.16. The molecular formula is C15H15ClN4. The Bertz CT molecular complexity index is 736. The molecular weight excluding hydrogens is 272 g/mol. The van der Waals surface area contributed by atoms with E-state index in [-0.39, 0.29) is 0 Å². The van der Waals surface area contributed by atoms with Crippen molar-refractivity contribution in [1.82, 2.24) is 14.5 Å². The fourth-order valence-corrected chi connectivity index (χ4v) is 2.48. The number of fused-ring (bicyclic) bond motifs is 1. The van der Waals surface area contributed by atoms with E-state index in [1.807, 2.05) is 36.8 Å². The normalized spacial score (nSPS) is 10.9. The highest BCUT2D eigenvalue weighted by Gasteiger charge is 2.06. The van der Waals surface area contributed by atoms with Gasteiger partial charge in [0.15, 0.2) is 0 Å². The Morgan fingerprint density at radius 3 is 3.10 bits per heavy atom. The second-order valence-corrected chi connectivity index (χ2v) is 4.99. The Morgan fingerprint density at radius 1 is 1.35 bits per heavy atom. The number of imidazole rings is 1. The molecule has 3 rings (SSSR count). The molecule has 102 valence electrons. The average molecular weight is 287 g/mol. The van der Waals surface area contributed by atoms with Crippen molar-refractivity contribution < 1.29 is 0 Å². The van der Waals surface area contributed by atoms with Crippen molar-refractivity contribution in [1.29, 1.82) is 0 Å². The molecule has 4 nitrogen and oxygen atoms in total. The predicted molar refractivity (Wildman–Crippen MR) is 82.0 cm³/mol. The number of anilines is 1. The minimum atomic E-state index is 0.694. The summed E-state index contributed by atoms with van der Waals surface area (Å²) in [6.45, 7) is 3.70. The van der Waals surface area contributed by atoms with Gasteiger partial charge in [0, 0.05) is 29.3 Å². The van der Waals surface area contributed by atoms with Crippen LogP contribution in [0.25, 0.3) is 10.9 Å². The standard InChI is InChI=1S/C15H15ClN4/c1-2-20-10-17-8-13(20)9-19-14-7-12(16)6-11-4-3-5-18-15(11)14/h3-8,10,19H,2,9H2,1H3. The van der Waals surface area contributed by atoms with Gasteiger partial charge in [-0.1, -0.05) is 17.7 Å². The zero-order chi connectivity index (χ0) is 13.9. The highest BCUT2D eigenvalue weighted by molar-refractivity contribution is 6.31. The Morgan fingerprint density at radius 2 is 2.25 bits per heavy atom. The van der Waals surface area contributed by atoms with E-state index >= 15 is 0 Å². The number of hydrogen-bond donors (Lipinski definition) is 1. The first-order chi connectivity index (χ1) is 9.78. The molecule has 0 aliphatic carbocycles. The zero-order valence-electron chi connectivity index (χ0n) is 11.2. The highest BCUT2D eigenvalue weighted by atomic mass is 35.5. The van der Waals surface area contributed by atoms with Crippen molar-refractivity contribution in [3.05, 3.63) is 53.7 Å². The zero-order valence-corrected chi connectivity index (χ0v) is 11.9. The van der Waals surface area contributed by atoms with Crippen LogP contribution in [-0.2, 0) is 13.1 Å². The second kappa shape index (κ2) is 5.51. The van der Waals surface area contributed by atoms with Crippen LogP contribution >= 0.6 is 11.6 Å². The summed E-state index contributed by atoms with van der Waals surface area (Å²) in [5.74, 6) is 0. The van der Waals surface area contributed by atoms with Crippen LogP contribution in [0.1, 0.15) is 12.6 Å². The van der Waals surface area contributed by atoms with Crippen LogP contribution in [-0.4, -0.2) is 14.5 Å². The van der Waals surface area contributed by atoms with E-state index in [1.54, 1.807) is 6.20 Å². The molecule has 0 spiro atoms. The monoisotopic (exact) mass is 286 g/mol. The van der Waals surface area contributed by atoms with E-state index < -0.39 is 0 Å². The number of benzene rings is 1. The number of pyridine rings is 1. The first-order valence-electron chi connectivity index (χ1n) is 6.55. The number of nitrogens with zero attached hydrogens (tertiary/aromatic N) is 3. The molecule has 1 N–H and O–H groups in total. The lowest BCUT2D eigenvalue weighted by molar-refractivity contribution is 0.720. The molecule has 2 heterocycles. The molecule has 0 fully saturated rings. The van der Waals surface area contributed by atoms with Gasteiger partial charge in [0.1, 0.15) is 0 Å². The third kappa shape index (κ3) is 2.47. The number of halogens is 1. The van der Waals surface area contributed by atoms with E-state index in [9.17, 15) is 0 Å². The smallest absolute Gasteiger partial charge is 0.0948 e. The summed E-state index contributed by atoms with van der Waals surface area (Å²) in [5, 5.41) is 5.14. The minimum Gasteiger partial charge on any atom is -0.378 e. The molecule has 2 aromatic heterocycles. The summed E-state index contributed by atoms with van der Waals surface area (Å²) >= 11 is 6.16. The van der Waals surface area contributed by atoms with Gasteiger partial charge < -0.3 is 9.88 Å². The Kier molecular flexibility index (Phi) is 3.56. The fourth-order valence-electron chi connectivity index (χ4n) is 2.26. The van der Waals surface area contributed by atoms with Gasteiger partial charge >= 0.3 is 0 Å². The third-order valence-electron chi connectivity index (χ3n) is 3.27. The lowest BCUT2D eigenvalue weighted by Crippen LogP contribution is -2.06. The van der Waals surface area contributed by atoms with Crippen LogP contribution in [0, 0.1) is 0 Å². The molecule has 0 aliphatic heterocycles. The summed E-state index contributed by atoms with van der Waals surface area (Å²) in [4.78, 5) is 8.59. The number of aryl methyl sites for hydroxylation is 1. The topological polar surface area (TPSA) is 42.7 Å². The van der Waals surface area contributed by atoms with Crippen LogP contribution in [0.3, 0.4) is 0 Å². The SMILES string of the molecule is CCn1cncc1CNc1cc(Cl)cc2cccnc12. The molecule has 0 unspecified atom stereocenters. The predicted octanol–water partition coefficient (Wildman–Crippen LogP) is 3.72. The van der Waals surface area contributed by atoms with Crippen molar-refractivity contribution in [2.24, 2.45) is 0 Å². The van der Waals surface area contributed by atoms with Crippen molar-refractivity contribution in [2.45, 2.75) is 20.0 Å². The molecule has 0 radical (unpaired) electrons. The molecule has 1 aromatic carbocycles. The first kappa shape index (κ1) is 12.9. The minimum absolute atomic E-state index is 0.694. The van der Waals surface area contributed by atoms with E-state index in [1.165, 1.54) is 0 Å². The van der Waals surface area contributed by atoms with Gasteiger partial charge in [0.2, 0.25) is 0 Å². The Labute approximate surface area is 122 Å². The van der Waals surface area contributed by atoms with Gasteiger partial charge in [0.25, 0.3) is 0 Å². The summed E-state index contributed by atoms with van der Waals surface area (Å²) < 4.78 is 2.10. The summed E-state index contributed by atoms with van der Waals surface area (Å²) in [7, 11) is 0. The number of hydrogen-bond acceptors (Lipinski definition) is 3. The van der Waals surface area contributed by atoms with Crippen molar-refractivity contribution in [3.63, 3.8) is 0 Å². The maximum absolute atomic E-state index is 6.16. The molecule has 0 aliphatic rings. The fraction of sp³-hybridized carbons (Fsp3) is 0.200. The quantitative estimate of drug-likeness (QED) is 0.795. The molecule has 20 heavy (non-hydrogen) atoms. The lowest BCUT2D eigenvalue weighted by Gasteiger charge is -2.11. The van der Waals surface area contributed by atoms with Gasteiger partial charge in [-0.3, -0.25) is 4.98 Å². The van der Waals surface area contributed by atoms with Gasteiger partial charge in [-0.2, -0.15) is 0 Å². The van der Waals surface area contributed by atoms with Crippen LogP contribution in [0.5, 0.6) is 0 Å². The van der Waals surface area contributed by atoms with E-state index in [0.29, 0.717) is 11.6 Å². The molecule has 5 heteroatoms. The molecule has 0 bridgehead atoms. The molecule has 0 saturated heterocycles. The van der Waals surface area contributed by atoms with Crippen molar-refractivity contribution >= 4 is 28.2 Å². The van der Waals surface area contributed by atoms with Gasteiger partial charge in [-0.25, -0.2) is 4.98 Å². The summed E-state index contributed by atoms with van der Waals surface area (Å²) in [5.41, 5.74) is 3.01. The first-order valence-corrected chi connectivity index (χ1v) is 6.93. The van der Waals surface area contributed by atoms with Crippen molar-refractivity contribution in [3.8, 4) is 0 Å². The van der Waals surface area contributed by atoms with Crippen LogP contribution < -0.4 is 5.32 Å². The van der Waals surface area contributed by atoms with Gasteiger partial charge in [-0.05, 0) is 25.1 Å². The maximum Gasteiger partial charge on any atom is 0.0948 e. The molecule has 0 atom stereocenters. The second-order valence-electron chi connectivity index (χ2n) is 4.55. The Balaban J connectivity index is 1.91. The van der Waals surface area contributed by atoms with Gasteiger partial charge in [0.05, 0.1) is 29.8 Å². The van der Waals surface area contributed by atoms with E-state index in [2.05, 4.69) is 26.8 Å². The molecule has 0 amide bonds. The third-order valence-corrected chi connectivity index (χ3v) is 3.49. The number of rotatable bonds is 4. The van der Waals surface area contributed by atoms with Crippen LogP contribution in [0.15, 0.2) is 43.0 Å². The largest absolute Gasteiger partial charge is 0.378 e. The molecule has 0 saturated carbocycles. The van der Waals surface area contributed by atoms with E-state index in [4.69, 9.17) is 11.6 Å². The van der Waals surface area contributed by atoms with Crippen molar-refractivity contribution in [2.75, 3.05) is 5.32 Å². The summed E-state index contributed by atoms with van der Waals surface area (Å²) in [6.07, 6.45) is 5.50. The lowest BCUT2D eigenvalue weighted by atomic mass is 10.2.